The van der Waals surface area contributed by atoms with Crippen molar-refractivity contribution in [1.29, 1.82) is 0 Å². The van der Waals surface area contributed by atoms with Crippen molar-refractivity contribution in [3.05, 3.63) is 32.6 Å². The van der Waals surface area contributed by atoms with Crippen molar-refractivity contribution in [3.8, 4) is 0 Å². The molecule has 8 heteroatoms. The van der Waals surface area contributed by atoms with Crippen molar-refractivity contribution in [3.63, 3.8) is 0 Å². The second kappa shape index (κ2) is 6.98. The molecule has 1 saturated carbocycles. The van der Waals surface area contributed by atoms with Gasteiger partial charge in [-0.15, -0.1) is 0 Å². The number of likely N-dealkylation sites (tertiary alicyclic amines) is 2. The minimum atomic E-state index is -0.571. The predicted molar refractivity (Wildman–Crippen MR) is 98.2 cm³/mol. The topological polar surface area (TPSA) is 106 Å². The number of amides is 2. The number of H-pyrrole nitrogens is 2. The van der Waals surface area contributed by atoms with Crippen LogP contribution >= 0.6 is 0 Å². The Morgan fingerprint density at radius 2 is 1.89 bits per heavy atom. The molecule has 0 aromatic carbocycles. The molecule has 0 radical (unpaired) electrons. The van der Waals surface area contributed by atoms with Crippen LogP contribution in [0, 0.1) is 11.3 Å². The van der Waals surface area contributed by atoms with E-state index in [1.165, 1.54) is 19.0 Å². The van der Waals surface area contributed by atoms with Crippen LogP contribution in [0.2, 0.25) is 0 Å². The predicted octanol–water partition coefficient (Wildman–Crippen LogP) is 0.247. The molecular weight excluding hydrogens is 348 g/mol. The summed E-state index contributed by atoms with van der Waals surface area (Å²) in [6.07, 6.45) is 7.11. The molecule has 1 spiro atoms. The van der Waals surface area contributed by atoms with Crippen LogP contribution in [0.4, 0.5) is 0 Å². The van der Waals surface area contributed by atoms with Crippen molar-refractivity contribution >= 4 is 11.8 Å². The fourth-order valence-electron chi connectivity index (χ4n) is 4.36. The molecule has 4 rings (SSSR count). The molecule has 3 aliphatic rings. The molecule has 2 aliphatic heterocycles. The van der Waals surface area contributed by atoms with Crippen LogP contribution in [0.25, 0.3) is 0 Å². The number of hydrogen-bond donors (Lipinski definition) is 2. The number of nitrogens with zero attached hydrogens (tertiary/aromatic N) is 2. The first kappa shape index (κ1) is 18.0. The first-order valence-electron chi connectivity index (χ1n) is 9.81. The summed E-state index contributed by atoms with van der Waals surface area (Å²) < 4.78 is 0. The number of aromatic amines is 2. The normalized spacial score (nSPS) is 22.3. The van der Waals surface area contributed by atoms with E-state index in [2.05, 4.69) is 14.9 Å². The summed E-state index contributed by atoms with van der Waals surface area (Å²) in [7, 11) is 0. The molecule has 1 aromatic rings. The summed E-state index contributed by atoms with van der Waals surface area (Å²) in [4.78, 5) is 56.1. The fourth-order valence-corrected chi connectivity index (χ4v) is 4.36. The Hall–Kier alpha value is -2.38. The second-order valence-corrected chi connectivity index (χ2v) is 8.37. The maximum absolute atomic E-state index is 12.6. The number of aromatic nitrogens is 2. The van der Waals surface area contributed by atoms with E-state index in [-0.39, 0.29) is 29.2 Å². The van der Waals surface area contributed by atoms with E-state index in [1.807, 2.05) is 0 Å². The highest BCUT2D eigenvalue weighted by molar-refractivity contribution is 5.79. The van der Waals surface area contributed by atoms with Gasteiger partial charge in [-0.1, -0.05) is 0 Å². The van der Waals surface area contributed by atoms with Gasteiger partial charge in [-0.2, -0.15) is 0 Å². The van der Waals surface area contributed by atoms with Gasteiger partial charge in [0.05, 0.1) is 6.42 Å². The van der Waals surface area contributed by atoms with Gasteiger partial charge < -0.3 is 14.8 Å². The van der Waals surface area contributed by atoms with Gasteiger partial charge in [0.2, 0.25) is 11.8 Å². The Kier molecular flexibility index (Phi) is 4.65. The highest BCUT2D eigenvalue weighted by atomic mass is 16.2. The number of nitrogens with one attached hydrogen (secondary N) is 2. The Balaban J connectivity index is 1.35. The van der Waals surface area contributed by atoms with Gasteiger partial charge in [-0.25, -0.2) is 4.79 Å². The summed E-state index contributed by atoms with van der Waals surface area (Å²) in [6, 6.07) is 0. The number of carbonyl (C=O) groups is 2. The monoisotopic (exact) mass is 374 g/mol. The second-order valence-electron chi connectivity index (χ2n) is 8.37. The Labute approximate surface area is 156 Å². The zero-order valence-electron chi connectivity index (χ0n) is 15.5. The van der Waals surface area contributed by atoms with Gasteiger partial charge in [0.25, 0.3) is 5.56 Å². The number of carbonyl (C=O) groups excluding carboxylic acids is 2. The van der Waals surface area contributed by atoms with Crippen LogP contribution < -0.4 is 11.2 Å². The lowest BCUT2D eigenvalue weighted by atomic mass is 9.72. The van der Waals surface area contributed by atoms with Crippen LogP contribution in [-0.2, 0) is 16.0 Å². The number of hydrogen-bond acceptors (Lipinski definition) is 4. The van der Waals surface area contributed by atoms with Crippen molar-refractivity contribution in [2.45, 2.75) is 44.9 Å². The molecular formula is C19H26N4O4. The van der Waals surface area contributed by atoms with Gasteiger partial charge in [0.15, 0.2) is 0 Å². The zero-order valence-corrected chi connectivity index (χ0v) is 15.5. The third kappa shape index (κ3) is 3.99. The Bertz CT molecular complexity index is 846. The molecule has 3 heterocycles. The molecule has 1 aliphatic carbocycles. The van der Waals surface area contributed by atoms with Gasteiger partial charge in [-0.3, -0.25) is 19.4 Å². The highest BCUT2D eigenvalue weighted by Crippen LogP contribution is 2.41. The smallest absolute Gasteiger partial charge is 0.325 e. The van der Waals surface area contributed by atoms with E-state index in [4.69, 9.17) is 0 Å². The molecule has 0 atom stereocenters. The van der Waals surface area contributed by atoms with Gasteiger partial charge in [0.1, 0.15) is 0 Å². The minimum absolute atomic E-state index is 0.00853. The van der Waals surface area contributed by atoms with E-state index < -0.39 is 11.2 Å². The molecule has 0 bridgehead atoms. The molecule has 146 valence electrons. The fraction of sp³-hybridized carbons (Fsp3) is 0.684. The zero-order chi connectivity index (χ0) is 19.0. The maximum Gasteiger partial charge on any atom is 0.325 e. The Morgan fingerprint density at radius 1 is 1.15 bits per heavy atom. The van der Waals surface area contributed by atoms with Crippen LogP contribution in [0.1, 0.15) is 44.1 Å². The lowest BCUT2D eigenvalue weighted by molar-refractivity contribution is -0.142. The van der Waals surface area contributed by atoms with Crippen molar-refractivity contribution in [2.24, 2.45) is 11.3 Å². The minimum Gasteiger partial charge on any atom is -0.342 e. The molecule has 8 nitrogen and oxygen atoms in total. The van der Waals surface area contributed by atoms with E-state index in [9.17, 15) is 19.2 Å². The van der Waals surface area contributed by atoms with E-state index >= 15 is 0 Å². The lowest BCUT2D eigenvalue weighted by Crippen LogP contribution is -2.53. The first-order valence-corrected chi connectivity index (χ1v) is 9.81. The standard InChI is InChI=1S/C19H26N4O4/c24-15-3-4-19(12-23(15)11-13-1-2-13)5-7-22(8-6-19)16(25)9-14-10-20-18(27)21-17(14)26/h10,13H,1-9,11-12H2,(H2,20,21,26,27). The largest absolute Gasteiger partial charge is 0.342 e. The van der Waals surface area contributed by atoms with Crippen LogP contribution in [0.15, 0.2) is 15.8 Å². The molecule has 2 saturated heterocycles. The summed E-state index contributed by atoms with van der Waals surface area (Å²) in [5.41, 5.74) is -0.672. The highest BCUT2D eigenvalue weighted by Gasteiger charge is 2.42. The average molecular weight is 374 g/mol. The van der Waals surface area contributed by atoms with E-state index in [1.54, 1.807) is 4.90 Å². The molecule has 3 fully saturated rings. The summed E-state index contributed by atoms with van der Waals surface area (Å²) in [5.74, 6) is 0.883. The molecule has 27 heavy (non-hydrogen) atoms. The van der Waals surface area contributed by atoms with Crippen molar-refractivity contribution in [2.75, 3.05) is 26.2 Å². The molecule has 1 aromatic heterocycles. The third-order valence-corrected chi connectivity index (χ3v) is 6.34. The van der Waals surface area contributed by atoms with E-state index in [0.717, 1.165) is 32.4 Å². The number of piperidine rings is 2. The SMILES string of the molecule is O=C(Cc1c[nH]c(=O)[nH]c1=O)N1CCC2(CCC(=O)N(CC3CC3)C2)CC1. The van der Waals surface area contributed by atoms with Crippen molar-refractivity contribution < 1.29 is 9.59 Å². The summed E-state index contributed by atoms with van der Waals surface area (Å²) >= 11 is 0. The maximum atomic E-state index is 12.6. The summed E-state index contributed by atoms with van der Waals surface area (Å²) in [5, 5.41) is 0. The summed E-state index contributed by atoms with van der Waals surface area (Å²) in [6.45, 7) is 3.04. The van der Waals surface area contributed by atoms with Crippen molar-refractivity contribution in [1.82, 2.24) is 19.8 Å². The lowest BCUT2D eigenvalue weighted by Gasteiger charge is -2.47. The van der Waals surface area contributed by atoms with E-state index in [0.29, 0.717) is 25.4 Å². The van der Waals surface area contributed by atoms with Gasteiger partial charge in [0, 0.05) is 44.4 Å². The average Bonchev–Trinajstić information content (AvgIpc) is 3.45. The molecule has 0 unspecified atom stereocenters. The van der Waals surface area contributed by atoms with Crippen LogP contribution in [-0.4, -0.2) is 57.8 Å². The van der Waals surface area contributed by atoms with Crippen LogP contribution in [0.3, 0.4) is 0 Å². The first-order chi connectivity index (χ1) is 12.9. The van der Waals surface area contributed by atoms with Crippen LogP contribution in [0.5, 0.6) is 0 Å². The van der Waals surface area contributed by atoms with Gasteiger partial charge in [-0.05, 0) is 43.4 Å². The quantitative estimate of drug-likeness (QED) is 0.788. The number of rotatable bonds is 4. The molecule has 2 amide bonds. The third-order valence-electron chi connectivity index (χ3n) is 6.34. The van der Waals surface area contributed by atoms with Gasteiger partial charge >= 0.3 is 5.69 Å². The Morgan fingerprint density at radius 3 is 2.56 bits per heavy atom. The molecule has 2 N–H and O–H groups in total.